The summed E-state index contributed by atoms with van der Waals surface area (Å²) in [5.74, 6) is 2.15. The first-order valence-electron chi connectivity index (χ1n) is 9.82. The smallest absolute Gasteiger partial charge is 0.231 e. The molecule has 160 valence electrons. The van der Waals surface area contributed by atoms with Crippen molar-refractivity contribution in [3.05, 3.63) is 59.4 Å². The van der Waals surface area contributed by atoms with Crippen molar-refractivity contribution in [2.75, 3.05) is 19.1 Å². The summed E-state index contributed by atoms with van der Waals surface area (Å²) in [6.45, 7) is 4.08. The molecule has 3 aromatic rings. The first kappa shape index (κ1) is 20.9. The number of carbonyl (C=O) groups excluding carboxylic acids is 2. The van der Waals surface area contributed by atoms with E-state index in [4.69, 9.17) is 9.47 Å². The van der Waals surface area contributed by atoms with E-state index in [9.17, 15) is 9.59 Å². The minimum Gasteiger partial charge on any atom is -0.454 e. The van der Waals surface area contributed by atoms with Gasteiger partial charge >= 0.3 is 0 Å². The summed E-state index contributed by atoms with van der Waals surface area (Å²) in [4.78, 5) is 23.9. The summed E-state index contributed by atoms with van der Waals surface area (Å²) >= 11 is 1.32. The largest absolute Gasteiger partial charge is 0.454 e. The van der Waals surface area contributed by atoms with E-state index in [-0.39, 0.29) is 24.2 Å². The van der Waals surface area contributed by atoms with Gasteiger partial charge in [0.2, 0.25) is 12.7 Å². The molecule has 1 aliphatic heterocycles. The van der Waals surface area contributed by atoms with Crippen LogP contribution in [0.25, 0.3) is 5.69 Å². The van der Waals surface area contributed by atoms with Crippen molar-refractivity contribution in [1.82, 2.24) is 20.1 Å². The molecule has 0 spiro atoms. The van der Waals surface area contributed by atoms with Gasteiger partial charge < -0.3 is 14.8 Å². The Morgan fingerprint density at radius 1 is 1.10 bits per heavy atom. The van der Waals surface area contributed by atoms with Crippen LogP contribution in [0.1, 0.15) is 28.7 Å². The minimum absolute atomic E-state index is 0.0185. The van der Waals surface area contributed by atoms with E-state index in [1.807, 2.05) is 54.0 Å². The number of nitrogens with one attached hydrogen (secondary N) is 1. The van der Waals surface area contributed by atoms with Crippen molar-refractivity contribution in [3.8, 4) is 17.2 Å². The van der Waals surface area contributed by atoms with Crippen molar-refractivity contribution >= 4 is 23.5 Å². The summed E-state index contributed by atoms with van der Waals surface area (Å²) < 4.78 is 12.8. The van der Waals surface area contributed by atoms with Crippen LogP contribution in [-0.2, 0) is 11.2 Å². The van der Waals surface area contributed by atoms with Gasteiger partial charge in [-0.05, 0) is 19.1 Å². The van der Waals surface area contributed by atoms with E-state index in [2.05, 4.69) is 15.5 Å². The number of hydrogen-bond donors (Lipinski definition) is 1. The summed E-state index contributed by atoms with van der Waals surface area (Å²) in [7, 11) is 0. The molecule has 0 radical (unpaired) electrons. The van der Waals surface area contributed by atoms with Gasteiger partial charge in [-0.1, -0.05) is 41.6 Å². The van der Waals surface area contributed by atoms with Gasteiger partial charge in [-0.2, -0.15) is 0 Å². The fourth-order valence-electron chi connectivity index (χ4n) is 3.14. The van der Waals surface area contributed by atoms with Gasteiger partial charge in [-0.25, -0.2) is 0 Å². The van der Waals surface area contributed by atoms with Gasteiger partial charge in [0, 0.05) is 31.5 Å². The molecule has 1 aromatic heterocycles. The molecule has 2 heterocycles. The Kier molecular flexibility index (Phi) is 6.22. The second kappa shape index (κ2) is 9.22. The Labute approximate surface area is 184 Å². The zero-order chi connectivity index (χ0) is 21.8. The Morgan fingerprint density at radius 3 is 2.65 bits per heavy atom. The molecule has 2 aromatic carbocycles. The van der Waals surface area contributed by atoms with Crippen molar-refractivity contribution in [3.63, 3.8) is 0 Å². The van der Waals surface area contributed by atoms with Crippen LogP contribution in [0.4, 0.5) is 0 Å². The standard InChI is InChI=1S/C22H22N4O4S/c1-14-3-5-16(6-4-14)18(28)12-31-22-25-24-21(9-10-23-15(2)27)26(22)17-7-8-19-20(11-17)30-13-29-19/h3-8,11H,9-10,12-13H2,1-2H3,(H,23,27). The van der Waals surface area contributed by atoms with E-state index < -0.39 is 0 Å². The van der Waals surface area contributed by atoms with Gasteiger partial charge in [0.15, 0.2) is 22.4 Å². The predicted octanol–water partition coefficient (Wildman–Crippen LogP) is 2.96. The van der Waals surface area contributed by atoms with Gasteiger partial charge in [0.25, 0.3) is 0 Å². The van der Waals surface area contributed by atoms with Crippen LogP contribution < -0.4 is 14.8 Å². The van der Waals surface area contributed by atoms with Gasteiger partial charge in [0.1, 0.15) is 5.82 Å². The molecular formula is C22H22N4O4S. The molecule has 9 heteroatoms. The average Bonchev–Trinajstić information content (AvgIpc) is 3.38. The Balaban J connectivity index is 1.57. The van der Waals surface area contributed by atoms with E-state index >= 15 is 0 Å². The maximum Gasteiger partial charge on any atom is 0.231 e. The summed E-state index contributed by atoms with van der Waals surface area (Å²) in [5, 5.41) is 12.0. The summed E-state index contributed by atoms with van der Waals surface area (Å²) in [5.41, 5.74) is 2.58. The number of rotatable bonds is 8. The average molecular weight is 439 g/mol. The fraction of sp³-hybridized carbons (Fsp3) is 0.273. The van der Waals surface area contributed by atoms with Crippen molar-refractivity contribution < 1.29 is 19.1 Å². The highest BCUT2D eigenvalue weighted by Gasteiger charge is 2.20. The second-order valence-electron chi connectivity index (χ2n) is 7.08. The van der Waals surface area contributed by atoms with Crippen LogP contribution in [0.2, 0.25) is 0 Å². The molecule has 0 aliphatic carbocycles. The molecule has 1 aliphatic rings. The highest BCUT2D eigenvalue weighted by Crippen LogP contribution is 2.35. The molecule has 0 saturated heterocycles. The van der Waals surface area contributed by atoms with Crippen LogP contribution in [0.15, 0.2) is 47.6 Å². The van der Waals surface area contributed by atoms with E-state index in [0.29, 0.717) is 41.0 Å². The number of benzene rings is 2. The number of aryl methyl sites for hydroxylation is 1. The number of thioether (sulfide) groups is 1. The third-order valence-corrected chi connectivity index (χ3v) is 5.67. The first-order valence-corrected chi connectivity index (χ1v) is 10.8. The predicted molar refractivity (Wildman–Crippen MR) is 116 cm³/mol. The van der Waals surface area contributed by atoms with Crippen molar-refractivity contribution in [2.24, 2.45) is 0 Å². The summed E-state index contributed by atoms with van der Waals surface area (Å²) in [6, 6.07) is 13.1. The molecule has 0 fully saturated rings. The zero-order valence-corrected chi connectivity index (χ0v) is 18.1. The molecule has 0 unspecified atom stereocenters. The third kappa shape index (κ3) is 4.88. The number of hydrogen-bond acceptors (Lipinski definition) is 7. The number of aromatic nitrogens is 3. The topological polar surface area (TPSA) is 95.3 Å². The first-order chi connectivity index (χ1) is 15.0. The lowest BCUT2D eigenvalue weighted by Crippen LogP contribution is -2.23. The number of ketones is 1. The quantitative estimate of drug-likeness (QED) is 0.427. The number of amides is 1. The molecule has 8 nitrogen and oxygen atoms in total. The van der Waals surface area contributed by atoms with Crippen LogP contribution in [0, 0.1) is 6.92 Å². The van der Waals surface area contributed by atoms with Crippen LogP contribution in [0.3, 0.4) is 0 Å². The van der Waals surface area contributed by atoms with Crippen molar-refractivity contribution in [1.29, 1.82) is 0 Å². The maximum absolute atomic E-state index is 12.6. The normalized spacial score (nSPS) is 12.1. The molecule has 0 bridgehead atoms. The number of Topliss-reactive ketones (excluding diaryl/α,β-unsaturated/α-hetero) is 1. The fourth-order valence-corrected chi connectivity index (χ4v) is 4.01. The van der Waals surface area contributed by atoms with E-state index in [1.165, 1.54) is 18.7 Å². The monoisotopic (exact) mass is 438 g/mol. The SMILES string of the molecule is CC(=O)NCCc1nnc(SCC(=O)c2ccc(C)cc2)n1-c1ccc2c(c1)OCO2. The zero-order valence-electron chi connectivity index (χ0n) is 17.3. The summed E-state index contributed by atoms with van der Waals surface area (Å²) in [6.07, 6.45) is 0.494. The van der Waals surface area contributed by atoms with Gasteiger partial charge in [-0.15, -0.1) is 10.2 Å². The number of fused-ring (bicyclic) bond motifs is 1. The third-order valence-electron chi connectivity index (χ3n) is 4.74. The Bertz CT molecular complexity index is 1110. The second-order valence-corrected chi connectivity index (χ2v) is 8.03. The lowest BCUT2D eigenvalue weighted by molar-refractivity contribution is -0.118. The van der Waals surface area contributed by atoms with Gasteiger partial charge in [0.05, 0.1) is 11.4 Å². The van der Waals surface area contributed by atoms with Crippen LogP contribution >= 0.6 is 11.8 Å². The molecule has 1 N–H and O–H groups in total. The van der Waals surface area contributed by atoms with Crippen molar-refractivity contribution in [2.45, 2.75) is 25.4 Å². The maximum atomic E-state index is 12.6. The highest BCUT2D eigenvalue weighted by atomic mass is 32.2. The molecule has 4 rings (SSSR count). The lowest BCUT2D eigenvalue weighted by Gasteiger charge is -2.11. The van der Waals surface area contributed by atoms with E-state index in [1.54, 1.807) is 0 Å². The lowest BCUT2D eigenvalue weighted by atomic mass is 10.1. The molecular weight excluding hydrogens is 416 g/mol. The van der Waals surface area contributed by atoms with Gasteiger partial charge in [-0.3, -0.25) is 14.2 Å². The number of carbonyl (C=O) groups is 2. The molecule has 0 saturated carbocycles. The highest BCUT2D eigenvalue weighted by molar-refractivity contribution is 7.99. The van der Waals surface area contributed by atoms with Crippen LogP contribution in [0.5, 0.6) is 11.5 Å². The Morgan fingerprint density at radius 2 is 1.87 bits per heavy atom. The van der Waals surface area contributed by atoms with Crippen LogP contribution in [-0.4, -0.2) is 45.5 Å². The minimum atomic E-state index is -0.104. The Hall–Kier alpha value is -3.33. The molecule has 0 atom stereocenters. The van der Waals surface area contributed by atoms with E-state index in [0.717, 1.165) is 11.3 Å². The number of ether oxygens (including phenoxy) is 2. The molecule has 31 heavy (non-hydrogen) atoms. The number of nitrogens with zero attached hydrogens (tertiary/aromatic N) is 3. The molecule has 1 amide bonds.